The van der Waals surface area contributed by atoms with Crippen LogP contribution in [0.5, 0.6) is 0 Å². The fraction of sp³-hybridized carbons (Fsp3) is 0.156. The third-order valence-corrected chi connectivity index (χ3v) is 6.76. The van der Waals surface area contributed by atoms with Gasteiger partial charge in [-0.2, -0.15) is 5.26 Å². The average Bonchev–Trinajstić information content (AvgIpc) is 3.43. The van der Waals surface area contributed by atoms with Gasteiger partial charge >= 0.3 is 0 Å². The molecule has 0 aliphatic carbocycles. The van der Waals surface area contributed by atoms with Crippen LogP contribution in [0.3, 0.4) is 0 Å². The summed E-state index contributed by atoms with van der Waals surface area (Å²) in [5.74, 6) is 0. The number of hydrogen-bond donors (Lipinski definition) is 3. The molecule has 6 heteroatoms. The molecule has 0 saturated carbocycles. The van der Waals surface area contributed by atoms with Gasteiger partial charge in [-0.05, 0) is 73.3 Å². The highest BCUT2D eigenvalue weighted by Gasteiger charge is 2.13. The lowest BCUT2D eigenvalue weighted by molar-refractivity contribution is 0.686. The lowest BCUT2D eigenvalue weighted by Crippen LogP contribution is -2.16. The maximum atomic E-state index is 9.82. The van der Waals surface area contributed by atoms with Crippen LogP contribution in [-0.4, -0.2) is 21.5 Å². The van der Waals surface area contributed by atoms with E-state index in [0.29, 0.717) is 5.56 Å². The fourth-order valence-corrected chi connectivity index (χ4v) is 4.54. The van der Waals surface area contributed by atoms with Crippen LogP contribution in [0.2, 0.25) is 0 Å². The molecular formula is C32H30N6. The minimum Gasteiger partial charge on any atom is -0.361 e. The van der Waals surface area contributed by atoms with Gasteiger partial charge in [-0.3, -0.25) is 9.97 Å². The molecule has 0 radical (unpaired) electrons. The quantitative estimate of drug-likeness (QED) is 0.197. The number of nitrogens with one attached hydrogen (secondary N) is 3. The zero-order valence-electron chi connectivity index (χ0n) is 21.6. The van der Waals surface area contributed by atoms with Crippen molar-refractivity contribution in [2.24, 2.45) is 0 Å². The van der Waals surface area contributed by atoms with Gasteiger partial charge < -0.3 is 15.6 Å². The van der Waals surface area contributed by atoms with E-state index in [0.717, 1.165) is 64.2 Å². The Balaban J connectivity index is 1.30. The molecule has 0 aliphatic rings. The van der Waals surface area contributed by atoms with E-state index < -0.39 is 0 Å². The van der Waals surface area contributed by atoms with E-state index in [1.54, 1.807) is 12.4 Å². The Morgan fingerprint density at radius 1 is 0.974 bits per heavy atom. The summed E-state index contributed by atoms with van der Waals surface area (Å²) in [6, 6.07) is 21.0. The molecule has 0 amide bonds. The van der Waals surface area contributed by atoms with E-state index >= 15 is 0 Å². The number of fused-ring (bicyclic) bond motifs is 1. The highest BCUT2D eigenvalue weighted by Crippen LogP contribution is 2.32. The first kappa shape index (κ1) is 24.9. The molecule has 6 nitrogen and oxygen atoms in total. The van der Waals surface area contributed by atoms with Crippen molar-refractivity contribution in [3.8, 4) is 6.07 Å². The summed E-state index contributed by atoms with van der Waals surface area (Å²) in [6.07, 6.45) is 12.3. The van der Waals surface area contributed by atoms with Gasteiger partial charge in [0.2, 0.25) is 0 Å². The molecular weight excluding hydrogens is 468 g/mol. The number of benzene rings is 2. The standard InChI is InChI=1S/C32H30N6/c1-22-28-14-17-36-31(28)12-11-30(22)38-32-27(18-33)21-37-23(2)29(32)10-9-24-5-7-26(8-6-24)20-35-16-13-25-4-3-15-34-19-25/h3-12,14-15,17,19,21,35-36H,13,16,20H2,1-2H3,(H,37,38)/b10-9+. The van der Waals surface area contributed by atoms with Gasteiger partial charge in [0.25, 0.3) is 0 Å². The van der Waals surface area contributed by atoms with Crippen molar-refractivity contribution in [2.45, 2.75) is 26.8 Å². The summed E-state index contributed by atoms with van der Waals surface area (Å²) in [7, 11) is 0. The van der Waals surface area contributed by atoms with Crippen LogP contribution in [0.4, 0.5) is 11.4 Å². The molecule has 188 valence electrons. The Kier molecular flexibility index (Phi) is 7.58. The maximum Gasteiger partial charge on any atom is 0.103 e. The number of aryl methyl sites for hydroxylation is 2. The van der Waals surface area contributed by atoms with E-state index in [2.05, 4.69) is 87.1 Å². The molecule has 3 heterocycles. The van der Waals surface area contributed by atoms with E-state index in [1.165, 1.54) is 11.1 Å². The number of pyridine rings is 2. The molecule has 3 N–H and O–H groups in total. The van der Waals surface area contributed by atoms with Crippen LogP contribution in [0.15, 0.2) is 79.4 Å². The van der Waals surface area contributed by atoms with Crippen LogP contribution in [0.25, 0.3) is 23.1 Å². The van der Waals surface area contributed by atoms with E-state index in [4.69, 9.17) is 0 Å². The number of aromatic nitrogens is 3. The van der Waals surface area contributed by atoms with Gasteiger partial charge in [0.15, 0.2) is 0 Å². The first-order valence-electron chi connectivity index (χ1n) is 12.7. The van der Waals surface area contributed by atoms with E-state index in [9.17, 15) is 5.26 Å². The summed E-state index contributed by atoms with van der Waals surface area (Å²) in [6.45, 7) is 5.77. The van der Waals surface area contributed by atoms with Crippen LogP contribution >= 0.6 is 0 Å². The zero-order chi connectivity index (χ0) is 26.3. The summed E-state index contributed by atoms with van der Waals surface area (Å²) < 4.78 is 0. The van der Waals surface area contributed by atoms with E-state index in [1.807, 2.05) is 37.5 Å². The van der Waals surface area contributed by atoms with Crippen LogP contribution in [-0.2, 0) is 13.0 Å². The van der Waals surface area contributed by atoms with Crippen molar-refractivity contribution in [1.82, 2.24) is 20.3 Å². The lowest BCUT2D eigenvalue weighted by atomic mass is 10.0. The van der Waals surface area contributed by atoms with Crippen molar-refractivity contribution in [3.05, 3.63) is 118 Å². The number of aromatic amines is 1. The summed E-state index contributed by atoms with van der Waals surface area (Å²) >= 11 is 0. The van der Waals surface area contributed by atoms with Crippen LogP contribution < -0.4 is 10.6 Å². The zero-order valence-corrected chi connectivity index (χ0v) is 21.6. The average molecular weight is 499 g/mol. The predicted octanol–water partition coefficient (Wildman–Crippen LogP) is 6.69. The molecule has 0 unspecified atom stereocenters. The Hall–Kier alpha value is -4.73. The van der Waals surface area contributed by atoms with Crippen molar-refractivity contribution < 1.29 is 0 Å². The molecule has 0 atom stereocenters. The fourth-order valence-electron chi connectivity index (χ4n) is 4.54. The van der Waals surface area contributed by atoms with Gasteiger partial charge in [-0.15, -0.1) is 0 Å². The smallest absolute Gasteiger partial charge is 0.103 e. The third-order valence-electron chi connectivity index (χ3n) is 6.76. The maximum absolute atomic E-state index is 9.82. The number of anilines is 2. The van der Waals surface area contributed by atoms with Gasteiger partial charge in [0.05, 0.1) is 11.3 Å². The number of nitrogens with zero attached hydrogens (tertiary/aromatic N) is 3. The molecule has 38 heavy (non-hydrogen) atoms. The Morgan fingerprint density at radius 2 is 1.84 bits per heavy atom. The summed E-state index contributed by atoms with van der Waals surface area (Å²) in [5, 5.41) is 18.0. The minimum atomic E-state index is 0.511. The molecule has 0 spiro atoms. The van der Waals surface area contributed by atoms with Gasteiger partial charge in [0, 0.05) is 59.2 Å². The number of hydrogen-bond acceptors (Lipinski definition) is 5. The van der Waals surface area contributed by atoms with Crippen molar-refractivity contribution in [3.63, 3.8) is 0 Å². The third kappa shape index (κ3) is 5.64. The monoisotopic (exact) mass is 498 g/mol. The molecule has 2 aromatic carbocycles. The van der Waals surface area contributed by atoms with Gasteiger partial charge in [-0.1, -0.05) is 42.5 Å². The molecule has 0 bridgehead atoms. The molecule has 0 saturated heterocycles. The molecule has 5 rings (SSSR count). The Bertz CT molecular complexity index is 1610. The van der Waals surface area contributed by atoms with Crippen molar-refractivity contribution in [2.75, 3.05) is 11.9 Å². The molecule has 0 aliphatic heterocycles. The first-order valence-corrected chi connectivity index (χ1v) is 12.7. The second-order valence-electron chi connectivity index (χ2n) is 9.32. The highest BCUT2D eigenvalue weighted by atomic mass is 14.9. The van der Waals surface area contributed by atoms with Gasteiger partial charge in [-0.25, -0.2) is 0 Å². The first-order chi connectivity index (χ1) is 18.6. The van der Waals surface area contributed by atoms with E-state index in [-0.39, 0.29) is 0 Å². The highest BCUT2D eigenvalue weighted by molar-refractivity contribution is 5.90. The van der Waals surface area contributed by atoms with Crippen LogP contribution in [0.1, 0.15) is 39.1 Å². The molecule has 3 aromatic heterocycles. The minimum absolute atomic E-state index is 0.511. The number of nitriles is 1. The topological polar surface area (TPSA) is 89.4 Å². The number of H-pyrrole nitrogens is 1. The number of rotatable bonds is 9. The Labute approximate surface area is 223 Å². The molecule has 0 fully saturated rings. The largest absolute Gasteiger partial charge is 0.361 e. The second-order valence-corrected chi connectivity index (χ2v) is 9.32. The van der Waals surface area contributed by atoms with Gasteiger partial charge in [0.1, 0.15) is 6.07 Å². The normalized spacial score (nSPS) is 11.2. The summed E-state index contributed by atoms with van der Waals surface area (Å²) in [4.78, 5) is 11.9. The Morgan fingerprint density at radius 3 is 2.63 bits per heavy atom. The molecule has 5 aromatic rings. The second kappa shape index (κ2) is 11.5. The van der Waals surface area contributed by atoms with Crippen LogP contribution in [0, 0.1) is 25.2 Å². The SMILES string of the molecule is Cc1ncc(C#N)c(Nc2ccc3[nH]ccc3c2C)c1/C=C/c1ccc(CNCCc2cccnc2)cc1. The van der Waals surface area contributed by atoms with Crippen molar-refractivity contribution >= 4 is 34.4 Å². The summed E-state index contributed by atoms with van der Waals surface area (Å²) in [5.41, 5.74) is 9.77. The van der Waals surface area contributed by atoms with Crippen molar-refractivity contribution in [1.29, 1.82) is 5.26 Å². The predicted molar refractivity (Wildman–Crippen MR) is 155 cm³/mol. The lowest BCUT2D eigenvalue weighted by Gasteiger charge is -2.16.